The zero-order valence-corrected chi connectivity index (χ0v) is 10.9. The predicted octanol–water partition coefficient (Wildman–Crippen LogP) is 3.39. The van der Waals surface area contributed by atoms with Crippen LogP contribution in [0.5, 0.6) is 0 Å². The van der Waals surface area contributed by atoms with E-state index in [1.807, 2.05) is 6.07 Å². The van der Waals surface area contributed by atoms with Gasteiger partial charge in [-0.1, -0.05) is 0 Å². The maximum absolute atomic E-state index is 5.43. The Kier molecular flexibility index (Phi) is 3.06. The van der Waals surface area contributed by atoms with E-state index in [1.165, 1.54) is 0 Å². The molecule has 0 aliphatic heterocycles. The number of nitrogens with two attached hydrogens (primary N) is 1. The Bertz CT molecular complexity index is 452. The average molecular weight is 338 g/mol. The van der Waals surface area contributed by atoms with Gasteiger partial charge in [-0.2, -0.15) is 0 Å². The van der Waals surface area contributed by atoms with Crippen LogP contribution in [0.15, 0.2) is 24.3 Å². The summed E-state index contributed by atoms with van der Waals surface area (Å²) in [7, 11) is 0. The fraction of sp³-hybridized carbons (Fsp3) is 0.125. The molecule has 0 atom stereocenters. The van der Waals surface area contributed by atoms with Crippen molar-refractivity contribution in [2.24, 2.45) is 5.73 Å². The van der Waals surface area contributed by atoms with E-state index in [-0.39, 0.29) is 0 Å². The molecule has 0 aromatic carbocycles. The van der Waals surface area contributed by atoms with E-state index in [1.54, 1.807) is 17.5 Å². The molecule has 0 saturated heterocycles. The SMILES string of the molecule is NCc1ncc(-c2cc(Br)sc2Br)o1. The number of oxazole rings is 1. The van der Waals surface area contributed by atoms with Crippen molar-refractivity contribution in [2.45, 2.75) is 6.54 Å². The fourth-order valence-electron chi connectivity index (χ4n) is 1.04. The van der Waals surface area contributed by atoms with E-state index < -0.39 is 0 Å². The number of hydrogen-bond acceptors (Lipinski definition) is 4. The van der Waals surface area contributed by atoms with Crippen LogP contribution in [-0.4, -0.2) is 4.98 Å². The van der Waals surface area contributed by atoms with Gasteiger partial charge in [-0.3, -0.25) is 0 Å². The Balaban J connectivity index is 2.43. The molecule has 2 N–H and O–H groups in total. The first kappa shape index (κ1) is 10.4. The van der Waals surface area contributed by atoms with Gasteiger partial charge in [0.15, 0.2) is 5.76 Å². The zero-order valence-electron chi connectivity index (χ0n) is 6.96. The van der Waals surface area contributed by atoms with Crippen molar-refractivity contribution in [3.05, 3.63) is 25.7 Å². The lowest BCUT2D eigenvalue weighted by molar-refractivity contribution is 0.509. The van der Waals surface area contributed by atoms with Crippen LogP contribution in [0.1, 0.15) is 5.89 Å². The van der Waals surface area contributed by atoms with E-state index >= 15 is 0 Å². The third-order valence-corrected chi connectivity index (χ3v) is 3.99. The zero-order chi connectivity index (χ0) is 10.1. The van der Waals surface area contributed by atoms with Gasteiger partial charge in [0.1, 0.15) is 0 Å². The Labute approximate surface area is 102 Å². The largest absolute Gasteiger partial charge is 0.439 e. The summed E-state index contributed by atoms with van der Waals surface area (Å²) in [5.41, 5.74) is 6.40. The van der Waals surface area contributed by atoms with Gasteiger partial charge >= 0.3 is 0 Å². The number of nitrogens with zero attached hydrogens (tertiary/aromatic N) is 1. The summed E-state index contributed by atoms with van der Waals surface area (Å²) >= 11 is 8.46. The highest BCUT2D eigenvalue weighted by molar-refractivity contribution is 9.12. The lowest BCUT2D eigenvalue weighted by Gasteiger charge is -1.90. The van der Waals surface area contributed by atoms with Crippen molar-refractivity contribution in [1.82, 2.24) is 4.98 Å². The molecule has 6 heteroatoms. The van der Waals surface area contributed by atoms with E-state index in [9.17, 15) is 0 Å². The van der Waals surface area contributed by atoms with Gasteiger partial charge in [0.2, 0.25) is 5.89 Å². The first-order valence-electron chi connectivity index (χ1n) is 3.80. The molecule has 0 spiro atoms. The van der Waals surface area contributed by atoms with Crippen molar-refractivity contribution in [2.75, 3.05) is 0 Å². The van der Waals surface area contributed by atoms with Crippen LogP contribution in [0, 0.1) is 0 Å². The highest BCUT2D eigenvalue weighted by Crippen LogP contribution is 2.38. The Morgan fingerprint density at radius 3 is 2.79 bits per heavy atom. The number of rotatable bonds is 2. The van der Waals surface area contributed by atoms with Crippen molar-refractivity contribution in [1.29, 1.82) is 0 Å². The molecule has 2 aromatic heterocycles. The van der Waals surface area contributed by atoms with Gasteiger partial charge in [-0.25, -0.2) is 4.98 Å². The Morgan fingerprint density at radius 2 is 2.29 bits per heavy atom. The third kappa shape index (κ3) is 1.93. The van der Waals surface area contributed by atoms with Crippen LogP contribution in [0.25, 0.3) is 11.3 Å². The summed E-state index contributed by atoms with van der Waals surface area (Å²) in [4.78, 5) is 4.04. The van der Waals surface area contributed by atoms with Crippen LogP contribution in [0.3, 0.4) is 0 Å². The molecule has 2 rings (SSSR count). The van der Waals surface area contributed by atoms with Crippen LogP contribution in [-0.2, 0) is 6.54 Å². The molecule has 0 unspecified atom stereocenters. The lowest BCUT2D eigenvalue weighted by Crippen LogP contribution is -1.94. The summed E-state index contributed by atoms with van der Waals surface area (Å²) in [5.74, 6) is 1.29. The van der Waals surface area contributed by atoms with Crippen LogP contribution in [0.2, 0.25) is 0 Å². The van der Waals surface area contributed by atoms with Gasteiger partial charge in [-0.05, 0) is 37.9 Å². The van der Waals surface area contributed by atoms with Crippen molar-refractivity contribution < 1.29 is 4.42 Å². The minimum Gasteiger partial charge on any atom is -0.439 e. The molecule has 0 aliphatic rings. The normalized spacial score (nSPS) is 10.8. The third-order valence-electron chi connectivity index (χ3n) is 1.65. The molecule has 14 heavy (non-hydrogen) atoms. The van der Waals surface area contributed by atoms with E-state index in [0.717, 1.165) is 18.9 Å². The number of thiophene rings is 1. The topological polar surface area (TPSA) is 52.0 Å². The molecule has 2 heterocycles. The second-order valence-corrected chi connectivity index (χ2v) is 6.31. The van der Waals surface area contributed by atoms with Gasteiger partial charge in [0.25, 0.3) is 0 Å². The van der Waals surface area contributed by atoms with Crippen LogP contribution >= 0.6 is 43.2 Å². The van der Waals surface area contributed by atoms with Gasteiger partial charge in [0, 0.05) is 5.56 Å². The van der Waals surface area contributed by atoms with Crippen LogP contribution < -0.4 is 5.73 Å². The molecule has 0 amide bonds. The summed E-state index contributed by atoms with van der Waals surface area (Å²) in [6.07, 6.45) is 1.68. The average Bonchev–Trinajstić information content (AvgIpc) is 2.71. The fourth-order valence-corrected chi connectivity index (χ4v) is 3.85. The Morgan fingerprint density at radius 1 is 1.50 bits per heavy atom. The van der Waals surface area contributed by atoms with Crippen molar-refractivity contribution in [3.63, 3.8) is 0 Å². The van der Waals surface area contributed by atoms with Gasteiger partial charge in [-0.15, -0.1) is 11.3 Å². The second kappa shape index (κ2) is 4.14. The first-order valence-corrected chi connectivity index (χ1v) is 6.21. The summed E-state index contributed by atoms with van der Waals surface area (Å²) < 4.78 is 7.50. The molecule has 2 aromatic rings. The van der Waals surface area contributed by atoms with Crippen molar-refractivity contribution in [3.8, 4) is 11.3 Å². The van der Waals surface area contributed by atoms with E-state index in [2.05, 4.69) is 36.8 Å². The van der Waals surface area contributed by atoms with Crippen LogP contribution in [0.4, 0.5) is 0 Å². The standard InChI is InChI=1S/C8H6Br2N2OS/c9-6-1-4(8(10)14-6)5-3-12-7(2-11)13-5/h1,3H,2,11H2. The second-order valence-electron chi connectivity index (χ2n) is 2.56. The highest BCUT2D eigenvalue weighted by atomic mass is 79.9. The highest BCUT2D eigenvalue weighted by Gasteiger charge is 2.11. The van der Waals surface area contributed by atoms with Gasteiger partial charge < -0.3 is 10.2 Å². The maximum Gasteiger partial charge on any atom is 0.208 e. The van der Waals surface area contributed by atoms with Gasteiger partial charge in [0.05, 0.1) is 20.3 Å². The maximum atomic E-state index is 5.43. The quantitative estimate of drug-likeness (QED) is 0.913. The summed E-state index contributed by atoms with van der Waals surface area (Å²) in [6, 6.07) is 1.98. The molecule has 0 fully saturated rings. The molecule has 74 valence electrons. The molecule has 0 radical (unpaired) electrons. The lowest BCUT2D eigenvalue weighted by atomic mass is 10.3. The van der Waals surface area contributed by atoms with Crippen molar-refractivity contribution >= 4 is 43.2 Å². The number of halogens is 2. The molecular weight excluding hydrogens is 332 g/mol. The molecule has 0 aliphatic carbocycles. The summed E-state index contributed by atoms with van der Waals surface area (Å²) in [6.45, 7) is 0.322. The number of hydrogen-bond donors (Lipinski definition) is 1. The number of aromatic nitrogens is 1. The monoisotopic (exact) mass is 336 g/mol. The molecule has 0 saturated carbocycles. The first-order chi connectivity index (χ1) is 6.70. The molecule has 0 bridgehead atoms. The van der Waals surface area contributed by atoms with E-state index in [0.29, 0.717) is 12.4 Å². The smallest absolute Gasteiger partial charge is 0.208 e. The molecule has 3 nitrogen and oxygen atoms in total. The Hall–Kier alpha value is -0.170. The minimum absolute atomic E-state index is 0.322. The predicted molar refractivity (Wildman–Crippen MR) is 63.1 cm³/mol. The summed E-state index contributed by atoms with van der Waals surface area (Å²) in [5, 5.41) is 0. The van der Waals surface area contributed by atoms with E-state index in [4.69, 9.17) is 10.2 Å². The minimum atomic E-state index is 0.322. The molecular formula is C8H6Br2N2OS.